The van der Waals surface area contributed by atoms with Gasteiger partial charge in [0.25, 0.3) is 0 Å². The molecule has 2 fully saturated rings. The summed E-state index contributed by atoms with van der Waals surface area (Å²) in [6, 6.07) is 4.85. The number of allylic oxidation sites excluding steroid dienone is 1. The van der Waals surface area contributed by atoms with Crippen LogP contribution in [-0.4, -0.2) is 71.3 Å². The predicted molar refractivity (Wildman–Crippen MR) is 119 cm³/mol. The van der Waals surface area contributed by atoms with E-state index in [1.54, 1.807) is 25.1 Å². The summed E-state index contributed by atoms with van der Waals surface area (Å²) in [5.74, 6) is -2.28. The van der Waals surface area contributed by atoms with Crippen LogP contribution in [0.3, 0.4) is 0 Å². The fourth-order valence-electron chi connectivity index (χ4n) is 5.57. The number of nitrogens with one attached hydrogen (secondary N) is 1. The second-order valence-corrected chi connectivity index (χ2v) is 9.22. The van der Waals surface area contributed by atoms with Crippen molar-refractivity contribution in [3.05, 3.63) is 34.5 Å². The molecule has 176 valence electrons. The summed E-state index contributed by atoms with van der Waals surface area (Å²) in [7, 11) is 1.52. The van der Waals surface area contributed by atoms with Crippen LogP contribution in [-0.2, 0) is 19.1 Å². The van der Waals surface area contributed by atoms with E-state index < -0.39 is 29.4 Å². The van der Waals surface area contributed by atoms with Crippen LogP contribution in [0, 0.1) is 11.8 Å². The van der Waals surface area contributed by atoms with Gasteiger partial charge in [0.15, 0.2) is 17.1 Å². The van der Waals surface area contributed by atoms with Gasteiger partial charge < -0.3 is 29.8 Å². The topological polar surface area (TPSA) is 159 Å². The van der Waals surface area contributed by atoms with Crippen LogP contribution in [0.25, 0.3) is 11.1 Å². The number of aliphatic imine (C=N–C) groups is 1. The summed E-state index contributed by atoms with van der Waals surface area (Å²) in [5, 5.41) is 3.80. The lowest BCUT2D eigenvalue weighted by Gasteiger charge is -2.39. The number of oxazole rings is 1. The van der Waals surface area contributed by atoms with E-state index in [4.69, 9.17) is 31.2 Å². The van der Waals surface area contributed by atoms with Crippen molar-refractivity contribution < 1.29 is 28.3 Å². The Kier molecular flexibility index (Phi) is 4.45. The molecule has 0 bridgehead atoms. The van der Waals surface area contributed by atoms with E-state index in [0.29, 0.717) is 22.7 Å². The van der Waals surface area contributed by atoms with Crippen molar-refractivity contribution in [2.45, 2.75) is 24.7 Å². The Bertz CT molecular complexity index is 1350. The second kappa shape index (κ2) is 7.11. The molecule has 4 aliphatic rings. The maximum atomic E-state index is 13.8. The highest BCUT2D eigenvalue weighted by Gasteiger charge is 2.73. The first-order chi connectivity index (χ1) is 16.3. The van der Waals surface area contributed by atoms with E-state index in [-0.39, 0.29) is 47.5 Å². The Balaban J connectivity index is 1.46. The van der Waals surface area contributed by atoms with Gasteiger partial charge in [-0.1, -0.05) is 11.6 Å². The molecule has 3 N–H and O–H groups in total. The van der Waals surface area contributed by atoms with Gasteiger partial charge in [0.1, 0.15) is 17.8 Å². The van der Waals surface area contributed by atoms with Gasteiger partial charge in [0.05, 0.1) is 23.6 Å². The fourth-order valence-corrected chi connectivity index (χ4v) is 5.73. The number of nitrogens with two attached hydrogens (primary N) is 1. The number of primary amides is 1. The number of methoxy groups -OCH3 is 1. The maximum Gasteiger partial charge on any atom is 0.404 e. The van der Waals surface area contributed by atoms with Crippen molar-refractivity contribution in [3.63, 3.8) is 0 Å². The molecule has 2 aromatic rings. The predicted octanol–water partition coefficient (Wildman–Crippen LogP) is 1.32. The normalized spacial score (nSPS) is 32.9. The Labute approximate surface area is 197 Å². The lowest BCUT2D eigenvalue weighted by molar-refractivity contribution is -0.138. The highest BCUT2D eigenvalue weighted by Crippen LogP contribution is 2.55. The summed E-state index contributed by atoms with van der Waals surface area (Å²) in [4.78, 5) is 49.2. The minimum absolute atomic E-state index is 0.00166. The van der Waals surface area contributed by atoms with Crippen LogP contribution >= 0.6 is 11.6 Å². The van der Waals surface area contributed by atoms with E-state index in [1.807, 2.05) is 4.90 Å². The standard InChI is InChI=1S/C22H20ClN5O6/c1-8-15(27-21-26-11-5-9(23)3-4-13(11)34-21)18(30)14-10(7-33-20(24)31)22(32-2)19-12(25-19)6-28(22)16(14)17(8)29/h3-5,8,10,12,19,25H,6-7H2,1-2H3,(H2,24,31). The third-order valence-corrected chi connectivity index (χ3v) is 7.33. The lowest BCUT2D eigenvalue weighted by Crippen LogP contribution is -2.55. The van der Waals surface area contributed by atoms with Gasteiger partial charge in [-0.2, -0.15) is 9.98 Å². The molecule has 11 nitrogen and oxygen atoms in total. The van der Waals surface area contributed by atoms with Crippen LogP contribution in [0.4, 0.5) is 10.8 Å². The zero-order chi connectivity index (χ0) is 23.9. The SMILES string of the molecule is COC12C(COC(N)=O)C3=C(C(=O)C(C)C(=Nc4nc5cc(Cl)ccc5o4)C3=O)N1CC1NC12. The number of nitrogens with zero attached hydrogens (tertiary/aromatic N) is 3. The number of ketones is 2. The Morgan fingerprint density at radius 2 is 2.24 bits per heavy atom. The molecule has 0 saturated carbocycles. The van der Waals surface area contributed by atoms with Gasteiger partial charge >= 0.3 is 12.1 Å². The summed E-state index contributed by atoms with van der Waals surface area (Å²) in [5.41, 5.74) is 5.59. The fraction of sp³-hybridized carbons (Fsp3) is 0.409. The Morgan fingerprint density at radius 3 is 2.97 bits per heavy atom. The van der Waals surface area contributed by atoms with Crippen LogP contribution in [0.15, 0.2) is 38.9 Å². The van der Waals surface area contributed by atoms with Crippen molar-refractivity contribution in [2.24, 2.45) is 22.6 Å². The van der Waals surface area contributed by atoms with Gasteiger partial charge in [-0.15, -0.1) is 0 Å². The quantitative estimate of drug-likeness (QED) is 0.608. The molecule has 5 atom stereocenters. The van der Waals surface area contributed by atoms with Crippen molar-refractivity contribution in [1.29, 1.82) is 0 Å². The highest BCUT2D eigenvalue weighted by molar-refractivity contribution is 6.53. The number of amides is 1. The first kappa shape index (κ1) is 21.3. The smallest absolute Gasteiger partial charge is 0.404 e. The average molecular weight is 486 g/mol. The number of Topliss-reactive ketones (excluding diaryl/α,β-unsaturated/α-hetero) is 2. The number of ether oxygens (including phenoxy) is 2. The first-order valence-electron chi connectivity index (χ1n) is 10.7. The van der Waals surface area contributed by atoms with E-state index >= 15 is 0 Å². The summed E-state index contributed by atoms with van der Waals surface area (Å²) >= 11 is 6.01. The van der Waals surface area contributed by atoms with Gasteiger partial charge in [-0.25, -0.2) is 4.79 Å². The minimum Gasteiger partial charge on any atom is -0.449 e. The van der Waals surface area contributed by atoms with Gasteiger partial charge in [-0.3, -0.25) is 9.59 Å². The zero-order valence-corrected chi connectivity index (χ0v) is 19.0. The van der Waals surface area contributed by atoms with Crippen molar-refractivity contribution in [2.75, 3.05) is 20.3 Å². The molecule has 34 heavy (non-hydrogen) atoms. The Morgan fingerprint density at radius 1 is 1.44 bits per heavy atom. The van der Waals surface area contributed by atoms with Crippen molar-refractivity contribution in [3.8, 4) is 0 Å². The van der Waals surface area contributed by atoms with E-state index in [1.165, 1.54) is 7.11 Å². The van der Waals surface area contributed by atoms with Gasteiger partial charge in [-0.05, 0) is 25.1 Å². The molecule has 3 aliphatic heterocycles. The first-order valence-corrected chi connectivity index (χ1v) is 11.1. The number of benzene rings is 1. The third-order valence-electron chi connectivity index (χ3n) is 7.09. The van der Waals surface area contributed by atoms with Crippen LogP contribution < -0.4 is 11.1 Å². The molecule has 1 amide bonds. The number of carbonyl (C=O) groups is 3. The second-order valence-electron chi connectivity index (χ2n) is 8.78. The van der Waals surface area contributed by atoms with Crippen molar-refractivity contribution >= 4 is 52.1 Å². The molecule has 1 aromatic heterocycles. The third kappa shape index (κ3) is 2.74. The molecule has 2 saturated heterocycles. The minimum atomic E-state index is -1.04. The van der Waals surface area contributed by atoms with E-state index in [9.17, 15) is 14.4 Å². The molecule has 4 heterocycles. The molecular formula is C22H20ClN5O6. The lowest BCUT2D eigenvalue weighted by atomic mass is 9.78. The molecule has 0 spiro atoms. The highest BCUT2D eigenvalue weighted by atomic mass is 35.5. The molecular weight excluding hydrogens is 466 g/mol. The number of hydrogen-bond donors (Lipinski definition) is 2. The molecule has 1 aromatic carbocycles. The summed E-state index contributed by atoms with van der Waals surface area (Å²) < 4.78 is 16.7. The molecule has 12 heteroatoms. The molecule has 6 rings (SSSR count). The summed E-state index contributed by atoms with van der Waals surface area (Å²) in [6.45, 7) is 1.90. The number of hydrogen-bond acceptors (Lipinski definition) is 10. The van der Waals surface area contributed by atoms with Gasteiger partial charge in [0, 0.05) is 30.3 Å². The van der Waals surface area contributed by atoms with Crippen molar-refractivity contribution in [1.82, 2.24) is 15.2 Å². The monoisotopic (exact) mass is 485 g/mol. The Hall–Kier alpha value is -3.28. The van der Waals surface area contributed by atoms with E-state index in [2.05, 4.69) is 15.3 Å². The molecule has 1 aliphatic carbocycles. The van der Waals surface area contributed by atoms with Crippen LogP contribution in [0.2, 0.25) is 5.02 Å². The molecule has 0 radical (unpaired) electrons. The van der Waals surface area contributed by atoms with E-state index in [0.717, 1.165) is 0 Å². The number of halogens is 1. The number of piperazine rings is 1. The van der Waals surface area contributed by atoms with Crippen LogP contribution in [0.5, 0.6) is 0 Å². The molecule has 5 unspecified atom stereocenters. The number of rotatable bonds is 4. The number of aromatic nitrogens is 1. The largest absolute Gasteiger partial charge is 0.449 e. The summed E-state index contributed by atoms with van der Waals surface area (Å²) in [6.07, 6.45) is -0.980. The maximum absolute atomic E-state index is 13.8. The van der Waals surface area contributed by atoms with Gasteiger partial charge in [0.2, 0.25) is 5.78 Å². The number of carbonyl (C=O) groups excluding carboxylic acids is 3. The van der Waals surface area contributed by atoms with Crippen LogP contribution in [0.1, 0.15) is 6.92 Å². The number of fused-ring (bicyclic) bond motifs is 5. The zero-order valence-electron chi connectivity index (χ0n) is 18.2. The average Bonchev–Trinajstić information content (AvgIpc) is 3.21.